The molecule has 1 amide bonds. The fourth-order valence-electron chi connectivity index (χ4n) is 3.28. The number of nitrogens with zero attached hydrogens (tertiary/aromatic N) is 2. The molecule has 0 bridgehead atoms. The molecule has 0 aromatic rings. The number of hydrogen-bond acceptors (Lipinski definition) is 3. The Morgan fingerprint density at radius 1 is 1.53 bits per heavy atom. The minimum Gasteiger partial charge on any atom is -0.340 e. The average Bonchev–Trinajstić information content (AvgIpc) is 3.01. The Morgan fingerprint density at radius 2 is 2.35 bits per heavy atom. The first-order chi connectivity index (χ1) is 8.24. The van der Waals surface area contributed by atoms with E-state index in [9.17, 15) is 4.79 Å². The van der Waals surface area contributed by atoms with Crippen molar-refractivity contribution in [3.05, 3.63) is 0 Å². The summed E-state index contributed by atoms with van der Waals surface area (Å²) in [5.41, 5.74) is 0.151. The van der Waals surface area contributed by atoms with Crippen LogP contribution in [0, 0.1) is 22.7 Å². The molecule has 4 heteroatoms. The number of piperidine rings is 1. The fraction of sp³-hybridized carbons (Fsp3) is 0.846. The third-order valence-corrected chi connectivity index (χ3v) is 4.57. The highest BCUT2D eigenvalue weighted by molar-refractivity contribution is 5.82. The summed E-state index contributed by atoms with van der Waals surface area (Å²) in [5.74, 6) is 0.535. The zero-order valence-electron chi connectivity index (χ0n) is 10.1. The van der Waals surface area contributed by atoms with Crippen molar-refractivity contribution >= 4 is 5.91 Å². The second-order valence-electron chi connectivity index (χ2n) is 5.86. The minimum atomic E-state index is 0.151. The molecule has 1 aliphatic carbocycles. The van der Waals surface area contributed by atoms with Crippen LogP contribution in [-0.4, -0.2) is 36.5 Å². The summed E-state index contributed by atoms with van der Waals surface area (Å²) in [7, 11) is 0. The Morgan fingerprint density at radius 3 is 3.00 bits per heavy atom. The van der Waals surface area contributed by atoms with Gasteiger partial charge in [-0.15, -0.1) is 0 Å². The molecule has 2 aliphatic heterocycles. The Labute approximate surface area is 102 Å². The molecule has 1 saturated carbocycles. The Balaban J connectivity index is 1.65. The van der Waals surface area contributed by atoms with Crippen LogP contribution in [0.2, 0.25) is 0 Å². The molecule has 0 aromatic heterocycles. The van der Waals surface area contributed by atoms with E-state index in [1.807, 2.05) is 4.90 Å². The van der Waals surface area contributed by atoms with Gasteiger partial charge in [-0.2, -0.15) is 5.26 Å². The van der Waals surface area contributed by atoms with Gasteiger partial charge in [0.15, 0.2) is 0 Å². The number of fused-ring (bicyclic) bond motifs is 1. The number of amides is 1. The second-order valence-corrected chi connectivity index (χ2v) is 5.86. The number of nitrogens with one attached hydrogen (secondary N) is 1. The van der Waals surface area contributed by atoms with Crippen LogP contribution in [0.1, 0.15) is 32.1 Å². The molecule has 3 fully saturated rings. The maximum Gasteiger partial charge on any atom is 0.227 e. The third kappa shape index (κ3) is 1.93. The number of carbonyl (C=O) groups excluding carboxylic acids is 1. The first kappa shape index (κ1) is 11.0. The van der Waals surface area contributed by atoms with E-state index in [2.05, 4.69) is 11.4 Å². The van der Waals surface area contributed by atoms with Gasteiger partial charge < -0.3 is 10.2 Å². The van der Waals surface area contributed by atoms with E-state index in [4.69, 9.17) is 5.26 Å². The summed E-state index contributed by atoms with van der Waals surface area (Å²) in [6.07, 6.45) is 5.00. The van der Waals surface area contributed by atoms with Crippen molar-refractivity contribution in [1.29, 1.82) is 5.26 Å². The Hall–Kier alpha value is -1.08. The van der Waals surface area contributed by atoms with Gasteiger partial charge in [0.05, 0.1) is 12.0 Å². The van der Waals surface area contributed by atoms with Crippen molar-refractivity contribution in [2.75, 3.05) is 19.6 Å². The topological polar surface area (TPSA) is 56.1 Å². The summed E-state index contributed by atoms with van der Waals surface area (Å²) >= 11 is 0. The van der Waals surface area contributed by atoms with Gasteiger partial charge in [0.25, 0.3) is 0 Å². The zero-order chi connectivity index (χ0) is 11.9. The van der Waals surface area contributed by atoms with Gasteiger partial charge >= 0.3 is 0 Å². The molecule has 17 heavy (non-hydrogen) atoms. The second kappa shape index (κ2) is 3.99. The molecule has 4 nitrogen and oxygen atoms in total. The van der Waals surface area contributed by atoms with Crippen molar-refractivity contribution in [2.24, 2.45) is 11.3 Å². The van der Waals surface area contributed by atoms with Gasteiger partial charge in [-0.05, 0) is 32.2 Å². The molecular weight excluding hydrogens is 214 g/mol. The van der Waals surface area contributed by atoms with Crippen LogP contribution in [-0.2, 0) is 4.79 Å². The number of carbonyl (C=O) groups is 1. The van der Waals surface area contributed by atoms with Crippen molar-refractivity contribution in [1.82, 2.24) is 10.2 Å². The van der Waals surface area contributed by atoms with Crippen LogP contribution in [0.4, 0.5) is 0 Å². The molecule has 3 aliphatic rings. The van der Waals surface area contributed by atoms with E-state index in [0.717, 1.165) is 45.3 Å². The number of rotatable bonds is 3. The molecule has 0 radical (unpaired) electrons. The lowest BCUT2D eigenvalue weighted by Gasteiger charge is -2.23. The third-order valence-electron chi connectivity index (χ3n) is 4.57. The quantitative estimate of drug-likeness (QED) is 0.787. The fourth-order valence-corrected chi connectivity index (χ4v) is 3.28. The van der Waals surface area contributed by atoms with Crippen molar-refractivity contribution in [3.8, 4) is 6.07 Å². The SMILES string of the molecule is N#CCC1(CN2CC3NCCCC3C2=O)CC1. The van der Waals surface area contributed by atoms with E-state index in [1.165, 1.54) is 0 Å². The van der Waals surface area contributed by atoms with Crippen molar-refractivity contribution in [2.45, 2.75) is 38.1 Å². The molecular formula is C13H19N3O. The van der Waals surface area contributed by atoms with Crippen LogP contribution in [0.3, 0.4) is 0 Å². The lowest BCUT2D eigenvalue weighted by atomic mass is 9.94. The van der Waals surface area contributed by atoms with Crippen LogP contribution in [0.15, 0.2) is 0 Å². The summed E-state index contributed by atoms with van der Waals surface area (Å²) in [4.78, 5) is 14.3. The summed E-state index contributed by atoms with van der Waals surface area (Å²) in [5, 5.41) is 12.3. The first-order valence-electron chi connectivity index (χ1n) is 6.63. The average molecular weight is 233 g/mol. The predicted molar refractivity (Wildman–Crippen MR) is 63.0 cm³/mol. The molecule has 2 saturated heterocycles. The maximum atomic E-state index is 12.3. The standard InChI is InChI=1S/C13H19N3O/c14-6-5-13(3-4-13)9-16-8-11-10(12(16)17)2-1-7-15-11/h10-11,15H,1-5,7-9H2. The number of nitriles is 1. The molecule has 0 spiro atoms. The number of hydrogen-bond donors (Lipinski definition) is 1. The summed E-state index contributed by atoms with van der Waals surface area (Å²) in [6, 6.07) is 2.64. The van der Waals surface area contributed by atoms with Crippen LogP contribution < -0.4 is 5.32 Å². The smallest absolute Gasteiger partial charge is 0.227 e. The normalized spacial score (nSPS) is 34.3. The molecule has 0 aromatic carbocycles. The molecule has 1 N–H and O–H groups in total. The van der Waals surface area contributed by atoms with Gasteiger partial charge in [-0.3, -0.25) is 4.79 Å². The Kier molecular flexibility index (Phi) is 2.59. The lowest BCUT2D eigenvalue weighted by molar-refractivity contribution is -0.132. The monoisotopic (exact) mass is 233 g/mol. The van der Waals surface area contributed by atoms with Gasteiger partial charge in [-0.25, -0.2) is 0 Å². The highest BCUT2D eigenvalue weighted by atomic mass is 16.2. The Bertz CT molecular complexity index is 369. The van der Waals surface area contributed by atoms with Gasteiger partial charge in [0, 0.05) is 31.0 Å². The van der Waals surface area contributed by atoms with E-state index in [-0.39, 0.29) is 11.3 Å². The summed E-state index contributed by atoms with van der Waals surface area (Å²) < 4.78 is 0. The zero-order valence-corrected chi connectivity index (χ0v) is 10.1. The molecule has 2 atom stereocenters. The van der Waals surface area contributed by atoms with E-state index >= 15 is 0 Å². The largest absolute Gasteiger partial charge is 0.340 e. The summed E-state index contributed by atoms with van der Waals surface area (Å²) in [6.45, 7) is 2.72. The maximum absolute atomic E-state index is 12.3. The van der Waals surface area contributed by atoms with Gasteiger partial charge in [-0.1, -0.05) is 0 Å². The van der Waals surface area contributed by atoms with Crippen LogP contribution in [0.5, 0.6) is 0 Å². The van der Waals surface area contributed by atoms with Gasteiger partial charge in [0.1, 0.15) is 0 Å². The van der Waals surface area contributed by atoms with Crippen molar-refractivity contribution < 1.29 is 4.79 Å². The van der Waals surface area contributed by atoms with E-state index < -0.39 is 0 Å². The number of likely N-dealkylation sites (tertiary alicyclic amines) is 1. The molecule has 2 heterocycles. The van der Waals surface area contributed by atoms with Gasteiger partial charge in [0.2, 0.25) is 5.91 Å². The van der Waals surface area contributed by atoms with E-state index in [0.29, 0.717) is 18.4 Å². The minimum absolute atomic E-state index is 0.151. The van der Waals surface area contributed by atoms with Crippen molar-refractivity contribution in [3.63, 3.8) is 0 Å². The van der Waals surface area contributed by atoms with Crippen LogP contribution >= 0.6 is 0 Å². The lowest BCUT2D eigenvalue weighted by Crippen LogP contribution is -2.41. The highest BCUT2D eigenvalue weighted by Crippen LogP contribution is 2.49. The molecule has 3 rings (SSSR count). The van der Waals surface area contributed by atoms with E-state index in [1.54, 1.807) is 0 Å². The molecule has 92 valence electrons. The highest BCUT2D eigenvalue weighted by Gasteiger charge is 2.49. The van der Waals surface area contributed by atoms with Crippen LogP contribution in [0.25, 0.3) is 0 Å². The molecule has 2 unspecified atom stereocenters. The predicted octanol–water partition coefficient (Wildman–Crippen LogP) is 0.891. The first-order valence-corrected chi connectivity index (χ1v) is 6.63.